The number of fused-ring (bicyclic) bond motifs is 1. The molecular formula is C14H18N2O3S2. The number of aryl methyl sites for hydroxylation is 2. The average Bonchev–Trinajstić information content (AvgIpc) is 2.77. The van der Waals surface area contributed by atoms with Gasteiger partial charge in [-0.1, -0.05) is 11.8 Å². The van der Waals surface area contributed by atoms with Crippen LogP contribution in [0.15, 0.2) is 11.4 Å². The van der Waals surface area contributed by atoms with Crippen molar-refractivity contribution in [3.8, 4) is 0 Å². The number of ether oxygens (including phenoxy) is 2. The number of thiophene rings is 1. The second-order valence-electron chi connectivity index (χ2n) is 4.35. The first-order valence-corrected chi connectivity index (χ1v) is 8.50. The third kappa shape index (κ3) is 4.15. The molecule has 0 saturated carbocycles. The van der Waals surface area contributed by atoms with Crippen LogP contribution in [-0.2, 0) is 14.3 Å². The van der Waals surface area contributed by atoms with E-state index < -0.39 is 0 Å². The van der Waals surface area contributed by atoms with E-state index in [1.165, 1.54) is 22.2 Å². The fourth-order valence-electron chi connectivity index (χ4n) is 1.79. The fraction of sp³-hybridized carbons (Fsp3) is 0.500. The van der Waals surface area contributed by atoms with Gasteiger partial charge in [0.15, 0.2) is 0 Å². The smallest absolute Gasteiger partial charge is 0.316 e. The van der Waals surface area contributed by atoms with E-state index in [2.05, 4.69) is 23.8 Å². The number of esters is 1. The van der Waals surface area contributed by atoms with Crippen molar-refractivity contribution in [3.05, 3.63) is 16.8 Å². The zero-order chi connectivity index (χ0) is 15.2. The van der Waals surface area contributed by atoms with Crippen molar-refractivity contribution in [2.24, 2.45) is 0 Å². The summed E-state index contributed by atoms with van der Waals surface area (Å²) in [7, 11) is 0. The van der Waals surface area contributed by atoms with E-state index in [1.54, 1.807) is 17.7 Å². The van der Waals surface area contributed by atoms with E-state index >= 15 is 0 Å². The van der Waals surface area contributed by atoms with Gasteiger partial charge in [-0.3, -0.25) is 4.79 Å². The zero-order valence-corrected chi connectivity index (χ0v) is 14.0. The highest BCUT2D eigenvalue weighted by Gasteiger charge is 2.14. The molecule has 0 aromatic carbocycles. The first-order chi connectivity index (χ1) is 10.1. The number of carbonyl (C=O) groups is 1. The second kappa shape index (κ2) is 7.72. The van der Waals surface area contributed by atoms with Gasteiger partial charge in [0.05, 0.1) is 12.4 Å². The molecule has 2 aromatic heterocycles. The first-order valence-electron chi connectivity index (χ1n) is 6.70. The standard InChI is InChI=1S/C14H18N2O3S2/c1-4-18-5-6-19-11(17)7-20-13-12-9(2)10(3)21-14(12)16-8-15-13/h8H,4-7H2,1-3H3. The highest BCUT2D eigenvalue weighted by molar-refractivity contribution is 8.00. The van der Waals surface area contributed by atoms with Crippen molar-refractivity contribution in [3.63, 3.8) is 0 Å². The SMILES string of the molecule is CCOCCOC(=O)CSc1ncnc2sc(C)c(C)c12. The molecule has 0 amide bonds. The summed E-state index contributed by atoms with van der Waals surface area (Å²) in [5, 5.41) is 1.88. The summed E-state index contributed by atoms with van der Waals surface area (Å²) in [6.07, 6.45) is 1.54. The van der Waals surface area contributed by atoms with E-state index in [9.17, 15) is 4.79 Å². The summed E-state index contributed by atoms with van der Waals surface area (Å²) in [4.78, 5) is 22.4. The number of carbonyl (C=O) groups excluding carboxylic acids is 1. The Morgan fingerprint density at radius 1 is 1.33 bits per heavy atom. The summed E-state index contributed by atoms with van der Waals surface area (Å²) in [5.41, 5.74) is 1.18. The van der Waals surface area contributed by atoms with Crippen LogP contribution in [0.25, 0.3) is 10.2 Å². The van der Waals surface area contributed by atoms with Gasteiger partial charge in [0.2, 0.25) is 0 Å². The van der Waals surface area contributed by atoms with E-state index in [0.29, 0.717) is 19.8 Å². The Balaban J connectivity index is 1.96. The average molecular weight is 326 g/mol. The molecule has 5 nitrogen and oxygen atoms in total. The van der Waals surface area contributed by atoms with Crippen molar-refractivity contribution in [2.75, 3.05) is 25.6 Å². The minimum absolute atomic E-state index is 0.243. The van der Waals surface area contributed by atoms with E-state index in [0.717, 1.165) is 15.2 Å². The molecule has 7 heteroatoms. The van der Waals surface area contributed by atoms with Crippen LogP contribution >= 0.6 is 23.1 Å². The van der Waals surface area contributed by atoms with Crippen LogP contribution in [0.1, 0.15) is 17.4 Å². The van der Waals surface area contributed by atoms with Crippen LogP contribution in [0.3, 0.4) is 0 Å². The van der Waals surface area contributed by atoms with Crippen molar-refractivity contribution >= 4 is 39.3 Å². The van der Waals surface area contributed by atoms with Crippen molar-refractivity contribution < 1.29 is 14.3 Å². The van der Waals surface area contributed by atoms with Crippen LogP contribution in [0.4, 0.5) is 0 Å². The molecule has 2 aromatic rings. The molecule has 0 N–H and O–H groups in total. The van der Waals surface area contributed by atoms with Crippen LogP contribution in [0.5, 0.6) is 0 Å². The molecule has 0 aliphatic heterocycles. The largest absolute Gasteiger partial charge is 0.463 e. The summed E-state index contributed by atoms with van der Waals surface area (Å²) in [5.74, 6) is -0.0110. The Morgan fingerprint density at radius 3 is 2.90 bits per heavy atom. The second-order valence-corrected chi connectivity index (χ2v) is 6.52. The molecule has 0 aliphatic rings. The van der Waals surface area contributed by atoms with E-state index in [-0.39, 0.29) is 11.7 Å². The van der Waals surface area contributed by atoms with E-state index in [4.69, 9.17) is 9.47 Å². The van der Waals surface area contributed by atoms with Crippen LogP contribution in [0.2, 0.25) is 0 Å². The Labute approximate surface area is 132 Å². The van der Waals surface area contributed by atoms with Crippen LogP contribution < -0.4 is 0 Å². The van der Waals surface area contributed by atoms with Gasteiger partial charge in [-0.2, -0.15) is 0 Å². The maximum atomic E-state index is 11.7. The highest BCUT2D eigenvalue weighted by Crippen LogP contribution is 2.34. The van der Waals surface area contributed by atoms with Gasteiger partial charge >= 0.3 is 5.97 Å². The van der Waals surface area contributed by atoms with Gasteiger partial charge in [0.1, 0.15) is 22.8 Å². The lowest BCUT2D eigenvalue weighted by molar-refractivity contribution is -0.141. The minimum Gasteiger partial charge on any atom is -0.463 e. The lowest BCUT2D eigenvalue weighted by Crippen LogP contribution is -2.12. The third-order valence-corrected chi connectivity index (χ3v) is 5.03. The van der Waals surface area contributed by atoms with Gasteiger partial charge in [0.25, 0.3) is 0 Å². The molecule has 0 atom stereocenters. The molecule has 114 valence electrons. The molecule has 0 fully saturated rings. The quantitative estimate of drug-likeness (QED) is 0.337. The molecule has 21 heavy (non-hydrogen) atoms. The van der Waals surface area contributed by atoms with Crippen molar-refractivity contribution in [1.29, 1.82) is 0 Å². The Morgan fingerprint density at radius 2 is 2.14 bits per heavy atom. The highest BCUT2D eigenvalue weighted by atomic mass is 32.2. The lowest BCUT2D eigenvalue weighted by Gasteiger charge is -2.05. The van der Waals surface area contributed by atoms with Gasteiger partial charge < -0.3 is 9.47 Å². The fourth-order valence-corrected chi connectivity index (χ4v) is 3.70. The maximum absolute atomic E-state index is 11.7. The monoisotopic (exact) mass is 326 g/mol. The molecule has 0 saturated heterocycles. The van der Waals surface area contributed by atoms with Crippen LogP contribution in [-0.4, -0.2) is 41.5 Å². The number of hydrogen-bond donors (Lipinski definition) is 0. The number of aromatic nitrogens is 2. The third-order valence-electron chi connectivity index (χ3n) is 2.95. The van der Waals surface area contributed by atoms with Gasteiger partial charge in [-0.25, -0.2) is 9.97 Å². The van der Waals surface area contributed by atoms with Gasteiger partial charge in [0, 0.05) is 16.9 Å². The predicted octanol–water partition coefficient (Wildman–Crippen LogP) is 2.98. The molecule has 0 spiro atoms. The number of thioether (sulfide) groups is 1. The summed E-state index contributed by atoms with van der Waals surface area (Å²) in [6.45, 7) is 7.39. The topological polar surface area (TPSA) is 61.3 Å². The van der Waals surface area contributed by atoms with E-state index in [1.807, 2.05) is 6.92 Å². The molecule has 2 rings (SSSR count). The first kappa shape index (κ1) is 16.2. The van der Waals surface area contributed by atoms with Gasteiger partial charge in [-0.15, -0.1) is 11.3 Å². The molecule has 2 heterocycles. The number of rotatable bonds is 7. The molecule has 0 aliphatic carbocycles. The normalized spacial score (nSPS) is 11.0. The summed E-state index contributed by atoms with van der Waals surface area (Å²) in [6, 6.07) is 0. The number of nitrogens with zero attached hydrogens (tertiary/aromatic N) is 2. The molecule has 0 unspecified atom stereocenters. The summed E-state index contributed by atoms with van der Waals surface area (Å²) < 4.78 is 10.2. The predicted molar refractivity (Wildman–Crippen MR) is 85.1 cm³/mol. The Hall–Kier alpha value is -1.18. The molecular weight excluding hydrogens is 308 g/mol. The molecule has 0 bridgehead atoms. The zero-order valence-electron chi connectivity index (χ0n) is 12.3. The number of hydrogen-bond acceptors (Lipinski definition) is 7. The lowest BCUT2D eigenvalue weighted by atomic mass is 10.2. The van der Waals surface area contributed by atoms with Gasteiger partial charge in [-0.05, 0) is 26.3 Å². The van der Waals surface area contributed by atoms with Crippen LogP contribution in [0, 0.1) is 13.8 Å². The Kier molecular flexibility index (Phi) is 5.96. The summed E-state index contributed by atoms with van der Waals surface area (Å²) >= 11 is 3.04. The maximum Gasteiger partial charge on any atom is 0.316 e. The Bertz CT molecular complexity index is 628. The minimum atomic E-state index is -0.254. The van der Waals surface area contributed by atoms with Crippen molar-refractivity contribution in [2.45, 2.75) is 25.8 Å². The van der Waals surface area contributed by atoms with Crippen molar-refractivity contribution in [1.82, 2.24) is 9.97 Å². The molecule has 0 radical (unpaired) electrons.